The Bertz CT molecular complexity index is 508. The van der Waals surface area contributed by atoms with Crippen LogP contribution in [0, 0.1) is 5.39 Å². The fraction of sp³-hybridized carbons (Fsp3) is 0.684. The average molecular weight is 399 g/mol. The Balaban J connectivity index is 1.74. The van der Waals surface area contributed by atoms with E-state index in [2.05, 4.69) is 4.98 Å². The Hall–Kier alpha value is -1.80. The fourth-order valence-corrected chi connectivity index (χ4v) is 1.95. The first-order valence-electron chi connectivity index (χ1n) is 9.32. The molecule has 0 aliphatic carbocycles. The third-order valence-corrected chi connectivity index (χ3v) is 3.37. The van der Waals surface area contributed by atoms with Crippen molar-refractivity contribution in [3.05, 3.63) is 29.2 Å². The minimum absolute atomic E-state index is 0.441. The van der Waals surface area contributed by atoms with E-state index in [-0.39, 0.29) is 0 Å². The predicted octanol–water partition coefficient (Wildman–Crippen LogP) is 2.28. The molecule has 0 bridgehead atoms. The quantitative estimate of drug-likeness (QED) is 0.258. The Morgan fingerprint density at radius 1 is 0.607 bits per heavy atom. The molecule has 9 heteroatoms. The number of hydrogen-bond acceptors (Lipinski definition) is 8. The molecule has 0 aliphatic heterocycles. The summed E-state index contributed by atoms with van der Waals surface area (Å²) in [6, 6.07) is 6.80. The summed E-state index contributed by atoms with van der Waals surface area (Å²) in [5.74, 6) is 0.701. The lowest BCUT2D eigenvalue weighted by Crippen LogP contribution is -2.14. The van der Waals surface area contributed by atoms with Gasteiger partial charge >= 0.3 is 5.69 Å². The van der Waals surface area contributed by atoms with Gasteiger partial charge in [0.2, 0.25) is 5.39 Å². The first-order valence-corrected chi connectivity index (χ1v) is 9.32. The second kappa shape index (κ2) is 18.6. The summed E-state index contributed by atoms with van der Waals surface area (Å²) in [5.41, 5.74) is 0.487. The van der Waals surface area contributed by atoms with Gasteiger partial charge in [-0.3, -0.25) is 0 Å². The van der Waals surface area contributed by atoms with Crippen LogP contribution in [0.4, 0.5) is 5.69 Å². The van der Waals surface area contributed by atoms with Gasteiger partial charge in [0.25, 0.3) is 0 Å². The molecule has 0 atom stereocenters. The molecule has 158 valence electrons. The standard InChI is InChI=1S/C19H31N2O7/c1-22-6-7-23-8-9-24-10-11-25-12-13-26-14-15-27-16-17-28-19-4-2-18(21-20)3-5-19/h2-5H,6-17H2,1H3/q+1. The van der Waals surface area contributed by atoms with Crippen LogP contribution in [0.1, 0.15) is 0 Å². The summed E-state index contributed by atoms with van der Waals surface area (Å²) in [6.07, 6.45) is 0. The summed E-state index contributed by atoms with van der Waals surface area (Å²) in [4.78, 5) is 3.08. The topological polar surface area (TPSA) is 92.8 Å². The van der Waals surface area contributed by atoms with Crippen LogP contribution < -0.4 is 4.74 Å². The lowest BCUT2D eigenvalue weighted by Gasteiger charge is -2.08. The number of ether oxygens (including phenoxy) is 7. The largest absolute Gasteiger partial charge is 0.491 e. The molecule has 1 aromatic rings. The normalized spacial score (nSPS) is 10.7. The number of benzene rings is 1. The van der Waals surface area contributed by atoms with Crippen molar-refractivity contribution in [3.8, 4) is 5.75 Å². The molecule has 0 saturated heterocycles. The molecule has 9 nitrogen and oxygen atoms in total. The van der Waals surface area contributed by atoms with E-state index in [9.17, 15) is 0 Å². The highest BCUT2D eigenvalue weighted by molar-refractivity contribution is 5.46. The van der Waals surface area contributed by atoms with Gasteiger partial charge in [-0.1, -0.05) is 0 Å². The van der Waals surface area contributed by atoms with E-state index in [0.717, 1.165) is 0 Å². The molecule has 0 aromatic heterocycles. The highest BCUT2D eigenvalue weighted by Gasteiger charge is 2.02. The summed E-state index contributed by atoms with van der Waals surface area (Å²) >= 11 is 0. The van der Waals surface area contributed by atoms with E-state index < -0.39 is 0 Å². The van der Waals surface area contributed by atoms with Crippen molar-refractivity contribution in [1.82, 2.24) is 0 Å². The summed E-state index contributed by atoms with van der Waals surface area (Å²) in [7, 11) is 1.64. The van der Waals surface area contributed by atoms with E-state index in [0.29, 0.717) is 90.7 Å². The van der Waals surface area contributed by atoms with E-state index in [4.69, 9.17) is 38.6 Å². The summed E-state index contributed by atoms with van der Waals surface area (Å²) in [6.45, 7) is 6.31. The maximum absolute atomic E-state index is 8.60. The Morgan fingerprint density at radius 2 is 1.00 bits per heavy atom. The second-order valence-electron chi connectivity index (χ2n) is 5.50. The van der Waals surface area contributed by atoms with Gasteiger partial charge in [0.15, 0.2) is 4.98 Å². The fourth-order valence-electron chi connectivity index (χ4n) is 1.95. The highest BCUT2D eigenvalue weighted by atomic mass is 16.6. The van der Waals surface area contributed by atoms with Gasteiger partial charge in [-0.15, -0.1) is 0 Å². The third-order valence-electron chi connectivity index (χ3n) is 3.37. The Labute approximate surface area is 166 Å². The molecular weight excluding hydrogens is 368 g/mol. The van der Waals surface area contributed by atoms with Crippen molar-refractivity contribution < 1.29 is 33.2 Å². The van der Waals surface area contributed by atoms with Crippen molar-refractivity contribution in [1.29, 1.82) is 5.39 Å². The van der Waals surface area contributed by atoms with Crippen LogP contribution in [0.15, 0.2) is 24.3 Å². The zero-order chi connectivity index (χ0) is 20.1. The minimum atomic E-state index is 0.441. The zero-order valence-electron chi connectivity index (χ0n) is 16.5. The Morgan fingerprint density at radius 3 is 1.39 bits per heavy atom. The summed E-state index contributed by atoms with van der Waals surface area (Å²) < 4.78 is 37.2. The van der Waals surface area contributed by atoms with Crippen molar-refractivity contribution in [2.45, 2.75) is 0 Å². The monoisotopic (exact) mass is 399 g/mol. The third kappa shape index (κ3) is 14.3. The van der Waals surface area contributed by atoms with Gasteiger partial charge in [-0.2, -0.15) is 0 Å². The molecule has 0 spiro atoms. The molecule has 1 rings (SSSR count). The molecule has 0 aliphatic rings. The maximum atomic E-state index is 8.60. The molecule has 0 heterocycles. The van der Waals surface area contributed by atoms with Crippen LogP contribution in [-0.4, -0.2) is 86.4 Å². The van der Waals surface area contributed by atoms with E-state index >= 15 is 0 Å². The molecule has 0 N–H and O–H groups in total. The lowest BCUT2D eigenvalue weighted by atomic mass is 10.3. The van der Waals surface area contributed by atoms with Crippen molar-refractivity contribution >= 4 is 5.69 Å². The van der Waals surface area contributed by atoms with Crippen LogP contribution >= 0.6 is 0 Å². The number of diazo groups is 1. The minimum Gasteiger partial charge on any atom is -0.491 e. The number of hydrogen-bond donors (Lipinski definition) is 0. The molecule has 28 heavy (non-hydrogen) atoms. The van der Waals surface area contributed by atoms with Gasteiger partial charge in [0.1, 0.15) is 12.4 Å². The maximum Gasteiger partial charge on any atom is 0.385 e. The molecular formula is C19H31N2O7+. The van der Waals surface area contributed by atoms with Gasteiger partial charge in [-0.05, 0) is 12.1 Å². The van der Waals surface area contributed by atoms with E-state index in [1.807, 2.05) is 0 Å². The van der Waals surface area contributed by atoms with Crippen LogP contribution in [-0.2, 0) is 28.4 Å². The first kappa shape index (κ1) is 24.2. The van der Waals surface area contributed by atoms with Crippen LogP contribution in [0.3, 0.4) is 0 Å². The first-order chi connectivity index (χ1) is 13.9. The second-order valence-corrected chi connectivity index (χ2v) is 5.50. The lowest BCUT2D eigenvalue weighted by molar-refractivity contribution is -0.0159. The predicted molar refractivity (Wildman–Crippen MR) is 103 cm³/mol. The van der Waals surface area contributed by atoms with E-state index in [1.54, 1.807) is 31.4 Å². The van der Waals surface area contributed by atoms with Crippen molar-refractivity contribution in [3.63, 3.8) is 0 Å². The van der Waals surface area contributed by atoms with E-state index in [1.165, 1.54) is 0 Å². The number of rotatable bonds is 19. The summed E-state index contributed by atoms with van der Waals surface area (Å²) in [5, 5.41) is 8.60. The SMILES string of the molecule is COCCOCCOCCOCCOCCOCCOc1ccc([N+]#N)cc1. The molecule has 0 amide bonds. The van der Waals surface area contributed by atoms with Gasteiger partial charge < -0.3 is 33.2 Å². The van der Waals surface area contributed by atoms with Crippen LogP contribution in [0.5, 0.6) is 5.75 Å². The average Bonchev–Trinajstić information content (AvgIpc) is 2.73. The van der Waals surface area contributed by atoms with Gasteiger partial charge in [-0.25, -0.2) is 0 Å². The smallest absolute Gasteiger partial charge is 0.385 e. The van der Waals surface area contributed by atoms with Crippen molar-refractivity contribution in [2.24, 2.45) is 0 Å². The molecule has 0 radical (unpaired) electrons. The van der Waals surface area contributed by atoms with Gasteiger partial charge in [0.05, 0.1) is 72.7 Å². The molecule has 1 aromatic carbocycles. The number of nitrogens with zero attached hydrogens (tertiary/aromatic N) is 2. The Kier molecular flexibility index (Phi) is 16.1. The van der Waals surface area contributed by atoms with Crippen LogP contribution in [0.25, 0.3) is 4.98 Å². The zero-order valence-corrected chi connectivity index (χ0v) is 16.5. The van der Waals surface area contributed by atoms with Crippen molar-refractivity contribution in [2.75, 3.05) is 86.4 Å². The van der Waals surface area contributed by atoms with Crippen LogP contribution in [0.2, 0.25) is 0 Å². The number of methoxy groups -OCH3 is 1. The molecule has 0 unspecified atom stereocenters. The van der Waals surface area contributed by atoms with Gasteiger partial charge in [0, 0.05) is 19.2 Å². The highest BCUT2D eigenvalue weighted by Crippen LogP contribution is 2.17. The molecule has 0 fully saturated rings. The molecule has 0 saturated carbocycles.